The van der Waals surface area contributed by atoms with E-state index in [-0.39, 0.29) is 6.42 Å². The van der Waals surface area contributed by atoms with Gasteiger partial charge in [0.05, 0.1) is 12.7 Å². The van der Waals surface area contributed by atoms with Gasteiger partial charge in [-0.2, -0.15) is 0 Å². The molecule has 2 aromatic rings. The Labute approximate surface area is 124 Å². The molecule has 0 radical (unpaired) electrons. The summed E-state index contributed by atoms with van der Waals surface area (Å²) in [7, 11) is 1.41. The summed E-state index contributed by atoms with van der Waals surface area (Å²) < 4.78 is 44.7. The van der Waals surface area contributed by atoms with Gasteiger partial charge in [-0.25, -0.2) is 13.2 Å². The predicted molar refractivity (Wildman–Crippen MR) is 72.4 cm³/mol. The number of carbonyl (C=O) groups is 1. The first-order valence-electron chi connectivity index (χ1n) is 5.93. The zero-order valence-corrected chi connectivity index (χ0v) is 11.7. The second kappa shape index (κ2) is 6.18. The van der Waals surface area contributed by atoms with E-state index < -0.39 is 28.8 Å². The van der Waals surface area contributed by atoms with Gasteiger partial charge >= 0.3 is 0 Å². The first kappa shape index (κ1) is 15.4. The van der Waals surface area contributed by atoms with E-state index in [1.54, 1.807) is 12.1 Å². The van der Waals surface area contributed by atoms with E-state index in [1.807, 2.05) is 0 Å². The van der Waals surface area contributed by atoms with Crippen molar-refractivity contribution < 1.29 is 22.7 Å². The van der Waals surface area contributed by atoms with Crippen LogP contribution in [0.2, 0.25) is 5.02 Å². The molecule has 0 spiro atoms. The van der Waals surface area contributed by atoms with Crippen molar-refractivity contribution in [1.29, 1.82) is 0 Å². The lowest BCUT2D eigenvalue weighted by Gasteiger charge is -2.09. The SMILES string of the molecule is COc1ccc(Cl)cc1CC(=O)c1ccc(F)c(F)c1F. The Morgan fingerprint density at radius 2 is 1.86 bits per heavy atom. The van der Waals surface area contributed by atoms with Crippen molar-refractivity contribution >= 4 is 17.4 Å². The number of hydrogen-bond donors (Lipinski definition) is 0. The number of methoxy groups -OCH3 is 1. The third-order valence-electron chi connectivity index (χ3n) is 2.93. The fourth-order valence-electron chi connectivity index (χ4n) is 1.89. The van der Waals surface area contributed by atoms with Crippen LogP contribution in [0.25, 0.3) is 0 Å². The highest BCUT2D eigenvalue weighted by molar-refractivity contribution is 6.30. The number of Topliss-reactive ketones (excluding diaryl/α,β-unsaturated/α-hetero) is 1. The summed E-state index contributed by atoms with van der Waals surface area (Å²) in [6.07, 6.45) is -0.244. The lowest BCUT2D eigenvalue weighted by atomic mass is 10.0. The van der Waals surface area contributed by atoms with Crippen molar-refractivity contribution in [3.05, 3.63) is 63.9 Å². The number of hydrogen-bond acceptors (Lipinski definition) is 2. The monoisotopic (exact) mass is 314 g/mol. The fraction of sp³-hybridized carbons (Fsp3) is 0.133. The summed E-state index contributed by atoms with van der Waals surface area (Å²) in [5, 5.41) is 0.379. The minimum atomic E-state index is -1.67. The molecule has 0 bridgehead atoms. The molecule has 2 nitrogen and oxygen atoms in total. The molecule has 0 saturated heterocycles. The number of benzene rings is 2. The third-order valence-corrected chi connectivity index (χ3v) is 3.16. The van der Waals surface area contributed by atoms with Crippen LogP contribution in [0.4, 0.5) is 13.2 Å². The van der Waals surface area contributed by atoms with Crippen molar-refractivity contribution in [2.24, 2.45) is 0 Å². The minimum absolute atomic E-state index is 0.244. The fourth-order valence-corrected chi connectivity index (χ4v) is 2.09. The van der Waals surface area contributed by atoms with Crippen molar-refractivity contribution in [2.75, 3.05) is 7.11 Å². The molecule has 0 aliphatic rings. The smallest absolute Gasteiger partial charge is 0.195 e. The van der Waals surface area contributed by atoms with Crippen molar-refractivity contribution in [1.82, 2.24) is 0 Å². The van der Waals surface area contributed by atoms with E-state index >= 15 is 0 Å². The molecule has 2 aromatic carbocycles. The van der Waals surface area contributed by atoms with Crippen molar-refractivity contribution in [3.63, 3.8) is 0 Å². The normalized spacial score (nSPS) is 10.5. The average Bonchev–Trinajstić information content (AvgIpc) is 2.45. The van der Waals surface area contributed by atoms with Crippen molar-refractivity contribution in [3.8, 4) is 5.75 Å². The number of ether oxygens (including phenoxy) is 1. The van der Waals surface area contributed by atoms with Crippen LogP contribution in [0.1, 0.15) is 15.9 Å². The average molecular weight is 315 g/mol. The Balaban J connectivity index is 2.35. The van der Waals surface area contributed by atoms with Gasteiger partial charge in [-0.1, -0.05) is 11.6 Å². The lowest BCUT2D eigenvalue weighted by Crippen LogP contribution is -2.09. The van der Waals surface area contributed by atoms with Gasteiger partial charge in [0.1, 0.15) is 5.75 Å². The highest BCUT2D eigenvalue weighted by atomic mass is 35.5. The lowest BCUT2D eigenvalue weighted by molar-refractivity contribution is 0.0987. The highest BCUT2D eigenvalue weighted by Crippen LogP contribution is 2.25. The van der Waals surface area contributed by atoms with Gasteiger partial charge in [0.2, 0.25) is 0 Å². The summed E-state index contributed by atoms with van der Waals surface area (Å²) >= 11 is 5.83. The van der Waals surface area contributed by atoms with Gasteiger partial charge < -0.3 is 4.74 Å². The molecule has 0 heterocycles. The third kappa shape index (κ3) is 3.19. The molecule has 0 N–H and O–H groups in total. The first-order chi connectivity index (χ1) is 9.93. The second-order valence-corrected chi connectivity index (χ2v) is 4.72. The van der Waals surface area contributed by atoms with Gasteiger partial charge in [-0.3, -0.25) is 4.79 Å². The molecule has 0 unspecified atom stereocenters. The van der Waals surface area contributed by atoms with E-state index in [9.17, 15) is 18.0 Å². The highest BCUT2D eigenvalue weighted by Gasteiger charge is 2.20. The molecule has 0 aliphatic heterocycles. The molecule has 0 amide bonds. The van der Waals surface area contributed by atoms with Crippen LogP contribution in [0, 0.1) is 17.5 Å². The zero-order valence-electron chi connectivity index (χ0n) is 10.9. The first-order valence-corrected chi connectivity index (χ1v) is 6.31. The van der Waals surface area contributed by atoms with E-state index in [0.717, 1.165) is 6.07 Å². The van der Waals surface area contributed by atoms with E-state index in [2.05, 4.69) is 0 Å². The van der Waals surface area contributed by atoms with Gasteiger partial charge in [-0.05, 0) is 30.3 Å². The molecule has 0 aliphatic carbocycles. The van der Waals surface area contributed by atoms with Crippen LogP contribution in [0.3, 0.4) is 0 Å². The second-order valence-electron chi connectivity index (χ2n) is 4.28. The van der Waals surface area contributed by atoms with E-state index in [0.29, 0.717) is 22.4 Å². The maximum Gasteiger partial charge on any atom is 0.195 e. The minimum Gasteiger partial charge on any atom is -0.496 e. The van der Waals surface area contributed by atoms with Crippen LogP contribution in [0.5, 0.6) is 5.75 Å². The quantitative estimate of drug-likeness (QED) is 0.625. The summed E-state index contributed by atoms with van der Waals surface area (Å²) in [5.74, 6) is -4.81. The molecule has 2 rings (SSSR count). The van der Waals surface area contributed by atoms with Crippen LogP contribution < -0.4 is 4.74 Å². The van der Waals surface area contributed by atoms with Gasteiger partial charge in [-0.15, -0.1) is 0 Å². The van der Waals surface area contributed by atoms with E-state index in [4.69, 9.17) is 16.3 Å². The topological polar surface area (TPSA) is 26.3 Å². The molecule has 6 heteroatoms. The van der Waals surface area contributed by atoms with Crippen LogP contribution in [-0.2, 0) is 6.42 Å². The van der Waals surface area contributed by atoms with Gasteiger partial charge in [0.25, 0.3) is 0 Å². The maximum absolute atomic E-state index is 13.6. The van der Waals surface area contributed by atoms with Crippen LogP contribution in [0.15, 0.2) is 30.3 Å². The van der Waals surface area contributed by atoms with Crippen LogP contribution >= 0.6 is 11.6 Å². The number of rotatable bonds is 4. The number of ketones is 1. The summed E-state index contributed by atoms with van der Waals surface area (Å²) in [6.45, 7) is 0. The molecular formula is C15H10ClF3O2. The van der Waals surface area contributed by atoms with Crippen LogP contribution in [-0.4, -0.2) is 12.9 Å². The Morgan fingerprint density at radius 3 is 2.52 bits per heavy atom. The van der Waals surface area contributed by atoms with Crippen molar-refractivity contribution in [2.45, 2.75) is 6.42 Å². The molecule has 0 fully saturated rings. The number of halogens is 4. The Kier molecular flexibility index (Phi) is 4.53. The largest absolute Gasteiger partial charge is 0.496 e. The number of carbonyl (C=O) groups excluding carboxylic acids is 1. The van der Waals surface area contributed by atoms with Gasteiger partial charge in [0.15, 0.2) is 23.2 Å². The Hall–Kier alpha value is -2.01. The summed E-state index contributed by atoms with van der Waals surface area (Å²) in [5.41, 5.74) is -0.0879. The molecule has 110 valence electrons. The standard InChI is InChI=1S/C15H10ClF3O2/c1-21-13-5-2-9(16)6-8(13)7-12(20)10-3-4-11(17)15(19)14(10)18/h2-6H,7H2,1H3. The summed E-state index contributed by atoms with van der Waals surface area (Å²) in [6, 6.07) is 6.25. The van der Waals surface area contributed by atoms with Gasteiger partial charge in [0, 0.05) is 17.0 Å². The molecule has 21 heavy (non-hydrogen) atoms. The zero-order chi connectivity index (χ0) is 15.6. The molecule has 0 atom stereocenters. The molecule has 0 saturated carbocycles. The Morgan fingerprint density at radius 1 is 1.14 bits per heavy atom. The van der Waals surface area contributed by atoms with E-state index in [1.165, 1.54) is 13.2 Å². The molecular weight excluding hydrogens is 305 g/mol. The Bertz CT molecular complexity index is 702. The maximum atomic E-state index is 13.6. The summed E-state index contributed by atoms with van der Waals surface area (Å²) in [4.78, 5) is 12.1. The molecule has 0 aromatic heterocycles. The predicted octanol–water partition coefficient (Wildman–Crippen LogP) is 4.19.